The van der Waals surface area contributed by atoms with Crippen LogP contribution < -0.4 is 9.80 Å². The fraction of sp³-hybridized carbons (Fsp3) is 0.0545. The SMILES string of the molecule is CC1(C)c2ccccc2-c2cccc(N(c3ccccc3)c3cc(-c4ccc5c(c4)oc4c6ccccc6ccc54)cc(N(c4ccccc4)c4ccccc4)c3)c21. The zero-order valence-corrected chi connectivity index (χ0v) is 32.4. The first-order valence-electron chi connectivity index (χ1n) is 20.0. The summed E-state index contributed by atoms with van der Waals surface area (Å²) in [6.45, 7) is 4.73. The molecule has 0 amide bonds. The van der Waals surface area contributed by atoms with Crippen LogP contribution in [0.1, 0.15) is 25.0 Å². The predicted molar refractivity (Wildman–Crippen MR) is 244 cm³/mol. The Morgan fingerprint density at radius 1 is 0.397 bits per heavy atom. The lowest BCUT2D eigenvalue weighted by Crippen LogP contribution is -2.21. The molecule has 0 saturated carbocycles. The second kappa shape index (κ2) is 13.4. The highest BCUT2D eigenvalue weighted by Crippen LogP contribution is 2.55. The largest absolute Gasteiger partial charge is 0.455 e. The molecule has 1 aromatic heterocycles. The summed E-state index contributed by atoms with van der Waals surface area (Å²) in [4.78, 5) is 4.82. The van der Waals surface area contributed by atoms with Gasteiger partial charge in [-0.25, -0.2) is 0 Å². The van der Waals surface area contributed by atoms with Crippen LogP contribution in [0.3, 0.4) is 0 Å². The van der Waals surface area contributed by atoms with Gasteiger partial charge in [-0.1, -0.05) is 141 Å². The summed E-state index contributed by atoms with van der Waals surface area (Å²) in [6, 6.07) is 74.3. The van der Waals surface area contributed by atoms with Gasteiger partial charge in [0.2, 0.25) is 0 Å². The molecule has 0 aliphatic heterocycles. The zero-order chi connectivity index (χ0) is 38.8. The van der Waals surface area contributed by atoms with Crippen LogP contribution in [0.5, 0.6) is 0 Å². The monoisotopic (exact) mass is 744 g/mol. The first-order valence-corrected chi connectivity index (χ1v) is 20.0. The second-order valence-corrected chi connectivity index (χ2v) is 15.8. The van der Waals surface area contributed by atoms with Gasteiger partial charge in [0.05, 0.1) is 5.69 Å². The Labute approximate surface area is 338 Å². The fourth-order valence-corrected chi connectivity index (χ4v) is 9.31. The Morgan fingerprint density at radius 2 is 0.983 bits per heavy atom. The fourth-order valence-electron chi connectivity index (χ4n) is 9.31. The average molecular weight is 745 g/mol. The highest BCUT2D eigenvalue weighted by atomic mass is 16.3. The van der Waals surface area contributed by atoms with Gasteiger partial charge < -0.3 is 14.2 Å². The molecular weight excluding hydrogens is 705 g/mol. The Kier molecular flexibility index (Phi) is 7.84. The average Bonchev–Trinajstić information content (AvgIpc) is 3.77. The summed E-state index contributed by atoms with van der Waals surface area (Å²) < 4.78 is 6.74. The summed E-state index contributed by atoms with van der Waals surface area (Å²) in [5.41, 5.74) is 15.6. The van der Waals surface area contributed by atoms with E-state index in [4.69, 9.17) is 4.42 Å². The van der Waals surface area contributed by atoms with Crippen LogP contribution in [-0.2, 0) is 5.41 Å². The van der Waals surface area contributed by atoms with Gasteiger partial charge in [0.15, 0.2) is 0 Å². The highest BCUT2D eigenvalue weighted by molar-refractivity contribution is 6.15. The molecule has 0 spiro atoms. The highest BCUT2D eigenvalue weighted by Gasteiger charge is 2.38. The van der Waals surface area contributed by atoms with Gasteiger partial charge in [0.1, 0.15) is 11.2 Å². The van der Waals surface area contributed by atoms with Crippen LogP contribution in [0.15, 0.2) is 211 Å². The lowest BCUT2D eigenvalue weighted by Gasteiger charge is -2.33. The molecule has 0 bridgehead atoms. The predicted octanol–water partition coefficient (Wildman–Crippen LogP) is 15.7. The summed E-state index contributed by atoms with van der Waals surface area (Å²) in [5, 5.41) is 4.55. The van der Waals surface area contributed by atoms with Crippen molar-refractivity contribution in [3.63, 3.8) is 0 Å². The summed E-state index contributed by atoms with van der Waals surface area (Å²) >= 11 is 0. The van der Waals surface area contributed by atoms with Crippen LogP contribution in [0.25, 0.3) is 55.0 Å². The van der Waals surface area contributed by atoms with Crippen molar-refractivity contribution in [3.8, 4) is 22.3 Å². The quantitative estimate of drug-likeness (QED) is 0.162. The number of anilines is 6. The van der Waals surface area contributed by atoms with E-state index in [0.29, 0.717) is 0 Å². The van der Waals surface area contributed by atoms with Gasteiger partial charge in [-0.3, -0.25) is 0 Å². The van der Waals surface area contributed by atoms with Gasteiger partial charge in [-0.15, -0.1) is 0 Å². The maximum absolute atomic E-state index is 6.74. The molecule has 0 radical (unpaired) electrons. The van der Waals surface area contributed by atoms with Crippen LogP contribution in [-0.4, -0.2) is 0 Å². The third kappa shape index (κ3) is 5.43. The van der Waals surface area contributed by atoms with Crippen LogP contribution >= 0.6 is 0 Å². The molecule has 10 aromatic rings. The van der Waals surface area contributed by atoms with Crippen LogP contribution in [0, 0.1) is 0 Å². The number of benzene rings is 9. The van der Waals surface area contributed by atoms with E-state index in [9.17, 15) is 0 Å². The standard InChI is InChI=1S/C55H40N2O/c1-55(2)50-27-15-14-25-46(50)48-26-16-28-51(53(48)55)57(42-22-10-5-11-23-42)44-34-39(33-43(36-44)56(40-18-6-3-7-19-40)41-20-8-4-9-21-41)38-30-31-47-49-32-29-37-17-12-13-24-45(37)54(49)58-52(47)35-38/h3-36H,1-2H3. The molecular formula is C55H40N2O. The van der Waals surface area contributed by atoms with Crippen molar-refractivity contribution in [2.75, 3.05) is 9.80 Å². The number of hydrogen-bond donors (Lipinski definition) is 0. The van der Waals surface area contributed by atoms with E-state index in [1.807, 2.05) is 0 Å². The molecule has 3 heteroatoms. The van der Waals surface area contributed by atoms with Gasteiger partial charge in [0, 0.05) is 50.0 Å². The summed E-state index contributed by atoms with van der Waals surface area (Å²) in [7, 11) is 0. The normalized spacial score (nSPS) is 12.8. The van der Waals surface area contributed by atoms with Gasteiger partial charge in [-0.05, 0) is 118 Å². The van der Waals surface area contributed by atoms with Crippen molar-refractivity contribution in [3.05, 3.63) is 217 Å². The van der Waals surface area contributed by atoms with E-state index < -0.39 is 0 Å². The van der Waals surface area contributed by atoms with Gasteiger partial charge in [0.25, 0.3) is 0 Å². The Bertz CT molecular complexity index is 3110. The van der Waals surface area contributed by atoms with Crippen molar-refractivity contribution >= 4 is 66.8 Å². The first-order chi connectivity index (χ1) is 28.5. The number of furan rings is 1. The zero-order valence-electron chi connectivity index (χ0n) is 32.4. The van der Waals surface area contributed by atoms with Crippen LogP contribution in [0.2, 0.25) is 0 Å². The minimum Gasteiger partial charge on any atom is -0.455 e. The third-order valence-electron chi connectivity index (χ3n) is 12.0. The van der Waals surface area contributed by atoms with E-state index in [0.717, 1.165) is 66.9 Å². The maximum Gasteiger partial charge on any atom is 0.143 e. The van der Waals surface area contributed by atoms with Crippen molar-refractivity contribution in [1.82, 2.24) is 0 Å². The van der Waals surface area contributed by atoms with E-state index in [-0.39, 0.29) is 5.41 Å². The summed E-state index contributed by atoms with van der Waals surface area (Å²) in [5.74, 6) is 0. The Balaban J connectivity index is 1.18. The molecule has 0 N–H and O–H groups in total. The van der Waals surface area contributed by atoms with E-state index in [1.165, 1.54) is 33.3 Å². The number of nitrogens with zero attached hydrogens (tertiary/aromatic N) is 2. The minimum absolute atomic E-state index is 0.216. The molecule has 58 heavy (non-hydrogen) atoms. The Morgan fingerprint density at radius 3 is 1.71 bits per heavy atom. The van der Waals surface area contributed by atoms with E-state index >= 15 is 0 Å². The van der Waals surface area contributed by atoms with Gasteiger partial charge >= 0.3 is 0 Å². The molecule has 0 atom stereocenters. The second-order valence-electron chi connectivity index (χ2n) is 15.8. The molecule has 11 rings (SSSR count). The molecule has 9 aromatic carbocycles. The number of hydrogen-bond acceptors (Lipinski definition) is 3. The van der Waals surface area contributed by atoms with Gasteiger partial charge in [-0.2, -0.15) is 0 Å². The van der Waals surface area contributed by atoms with Crippen molar-refractivity contribution in [1.29, 1.82) is 0 Å². The lowest BCUT2D eigenvalue weighted by atomic mass is 9.81. The van der Waals surface area contributed by atoms with Crippen molar-refractivity contribution in [2.45, 2.75) is 19.3 Å². The molecule has 0 unspecified atom stereocenters. The maximum atomic E-state index is 6.74. The van der Waals surface area contributed by atoms with Crippen molar-refractivity contribution in [2.24, 2.45) is 0 Å². The van der Waals surface area contributed by atoms with E-state index in [1.54, 1.807) is 0 Å². The molecule has 1 heterocycles. The first kappa shape index (κ1) is 33.9. The van der Waals surface area contributed by atoms with E-state index in [2.05, 4.69) is 230 Å². The number of para-hydroxylation sites is 3. The third-order valence-corrected chi connectivity index (χ3v) is 12.0. The van der Waals surface area contributed by atoms with Crippen molar-refractivity contribution < 1.29 is 4.42 Å². The number of rotatable bonds is 7. The molecule has 0 fully saturated rings. The number of fused-ring (bicyclic) bond motifs is 8. The molecule has 1 aliphatic carbocycles. The Hall–Kier alpha value is -7.36. The summed E-state index contributed by atoms with van der Waals surface area (Å²) in [6.07, 6.45) is 0. The smallest absolute Gasteiger partial charge is 0.143 e. The lowest BCUT2D eigenvalue weighted by molar-refractivity contribution is 0.661. The topological polar surface area (TPSA) is 19.6 Å². The molecule has 3 nitrogen and oxygen atoms in total. The minimum atomic E-state index is -0.216. The molecule has 0 saturated heterocycles. The molecule has 1 aliphatic rings. The molecule has 276 valence electrons. The van der Waals surface area contributed by atoms with Crippen LogP contribution in [0.4, 0.5) is 34.1 Å².